The molecule has 0 aliphatic carbocycles. The molecule has 1 rings (SSSR count). The number of aromatic hydroxyl groups is 2. The van der Waals surface area contributed by atoms with Crippen LogP contribution in [0.5, 0.6) is 17.2 Å². The third-order valence-electron chi connectivity index (χ3n) is 1.09. The van der Waals surface area contributed by atoms with Crippen LogP contribution in [0.4, 0.5) is 0 Å². The van der Waals surface area contributed by atoms with Crippen molar-refractivity contribution in [3.05, 3.63) is 18.2 Å². The Labute approximate surface area is 57.4 Å². The summed E-state index contributed by atoms with van der Waals surface area (Å²) in [6.07, 6.45) is 0. The molecule has 0 radical (unpaired) electrons. The summed E-state index contributed by atoms with van der Waals surface area (Å²) in [7, 11) is 0. The molecule has 1 aromatic rings. The summed E-state index contributed by atoms with van der Waals surface area (Å²) < 4.78 is 0. The highest BCUT2D eigenvalue weighted by atomic mass is 16.6. The third-order valence-corrected chi connectivity index (χ3v) is 1.09. The largest absolute Gasteiger partial charge is 0.504 e. The molecule has 54 valence electrons. The van der Waals surface area contributed by atoms with Gasteiger partial charge in [0.05, 0.1) is 0 Å². The summed E-state index contributed by atoms with van der Waals surface area (Å²) in [6.45, 7) is 0. The molecule has 0 fully saturated rings. The van der Waals surface area contributed by atoms with Crippen molar-refractivity contribution in [2.45, 2.75) is 0 Å². The normalized spacial score (nSPS) is 9.30. The highest BCUT2D eigenvalue weighted by Gasteiger charge is 2.05. The maximum atomic E-state index is 8.93. The van der Waals surface area contributed by atoms with Crippen molar-refractivity contribution in [3.8, 4) is 17.2 Å². The monoisotopic (exact) mass is 141 g/mol. The van der Waals surface area contributed by atoms with Crippen LogP contribution >= 0.6 is 0 Å². The molecular formula is C6H7NO3. The van der Waals surface area contributed by atoms with Crippen molar-refractivity contribution < 1.29 is 15.1 Å². The van der Waals surface area contributed by atoms with E-state index in [4.69, 9.17) is 16.1 Å². The van der Waals surface area contributed by atoms with E-state index in [-0.39, 0.29) is 17.2 Å². The lowest BCUT2D eigenvalue weighted by Gasteiger charge is -2.02. The van der Waals surface area contributed by atoms with Crippen LogP contribution in [0.1, 0.15) is 0 Å². The van der Waals surface area contributed by atoms with Crippen LogP contribution in [0.3, 0.4) is 0 Å². The van der Waals surface area contributed by atoms with Crippen molar-refractivity contribution in [2.75, 3.05) is 0 Å². The molecule has 0 aliphatic rings. The van der Waals surface area contributed by atoms with E-state index in [0.29, 0.717) is 0 Å². The van der Waals surface area contributed by atoms with Crippen molar-refractivity contribution in [3.63, 3.8) is 0 Å². The van der Waals surface area contributed by atoms with E-state index in [9.17, 15) is 0 Å². The van der Waals surface area contributed by atoms with Crippen LogP contribution in [-0.4, -0.2) is 10.2 Å². The number of phenolic OH excluding ortho intramolecular Hbond substituents is 2. The third kappa shape index (κ3) is 0.964. The summed E-state index contributed by atoms with van der Waals surface area (Å²) in [4.78, 5) is 4.18. The zero-order valence-electron chi connectivity index (χ0n) is 5.11. The number of rotatable bonds is 1. The van der Waals surface area contributed by atoms with Crippen LogP contribution in [-0.2, 0) is 0 Å². The van der Waals surface area contributed by atoms with Crippen LogP contribution < -0.4 is 10.7 Å². The molecule has 0 amide bonds. The SMILES string of the molecule is NOc1c(O)cccc1O. The molecule has 0 spiro atoms. The Bertz CT molecular complexity index is 216. The predicted octanol–water partition coefficient (Wildman–Crippen LogP) is 0.350. The number of nitrogens with two attached hydrogens (primary N) is 1. The lowest BCUT2D eigenvalue weighted by molar-refractivity contribution is 0.293. The molecule has 0 atom stereocenters. The summed E-state index contributed by atoms with van der Waals surface area (Å²) in [6, 6.07) is 4.21. The van der Waals surface area contributed by atoms with Crippen LogP contribution in [0.25, 0.3) is 0 Å². The maximum absolute atomic E-state index is 8.93. The predicted molar refractivity (Wildman–Crippen MR) is 34.6 cm³/mol. The number of hydrogen-bond acceptors (Lipinski definition) is 4. The first-order valence-corrected chi connectivity index (χ1v) is 2.63. The minimum Gasteiger partial charge on any atom is -0.504 e. The Balaban J connectivity index is 3.17. The minimum absolute atomic E-state index is 0.109. The lowest BCUT2D eigenvalue weighted by Crippen LogP contribution is -2.01. The Morgan fingerprint density at radius 3 is 2.00 bits per heavy atom. The van der Waals surface area contributed by atoms with Crippen molar-refractivity contribution in [2.24, 2.45) is 5.90 Å². The molecular weight excluding hydrogens is 134 g/mol. The van der Waals surface area contributed by atoms with Gasteiger partial charge in [0.2, 0.25) is 5.75 Å². The van der Waals surface area contributed by atoms with Gasteiger partial charge in [-0.15, -0.1) is 0 Å². The Morgan fingerprint density at radius 2 is 1.70 bits per heavy atom. The van der Waals surface area contributed by atoms with E-state index in [1.807, 2.05) is 0 Å². The van der Waals surface area contributed by atoms with E-state index in [1.54, 1.807) is 0 Å². The van der Waals surface area contributed by atoms with E-state index in [1.165, 1.54) is 18.2 Å². The number of para-hydroxylation sites is 1. The molecule has 4 nitrogen and oxygen atoms in total. The molecule has 0 unspecified atom stereocenters. The van der Waals surface area contributed by atoms with Gasteiger partial charge in [-0.2, -0.15) is 5.90 Å². The molecule has 0 saturated heterocycles. The van der Waals surface area contributed by atoms with Gasteiger partial charge in [0.15, 0.2) is 11.5 Å². The first-order chi connectivity index (χ1) is 4.75. The van der Waals surface area contributed by atoms with Gasteiger partial charge in [0, 0.05) is 0 Å². The molecule has 4 heteroatoms. The van der Waals surface area contributed by atoms with Gasteiger partial charge < -0.3 is 15.1 Å². The zero-order valence-corrected chi connectivity index (χ0v) is 5.11. The smallest absolute Gasteiger partial charge is 0.229 e. The van der Waals surface area contributed by atoms with E-state index in [2.05, 4.69) is 4.84 Å². The van der Waals surface area contributed by atoms with Gasteiger partial charge in [0.1, 0.15) is 0 Å². The van der Waals surface area contributed by atoms with Crippen molar-refractivity contribution >= 4 is 0 Å². The van der Waals surface area contributed by atoms with Gasteiger partial charge in [0.25, 0.3) is 0 Å². The average Bonchev–Trinajstić information content (AvgIpc) is 1.88. The lowest BCUT2D eigenvalue weighted by atomic mass is 10.3. The second-order valence-electron chi connectivity index (χ2n) is 1.74. The minimum atomic E-state index is -0.178. The first kappa shape index (κ1) is 6.70. The van der Waals surface area contributed by atoms with Crippen molar-refractivity contribution in [1.82, 2.24) is 0 Å². The molecule has 4 N–H and O–H groups in total. The second kappa shape index (κ2) is 2.45. The molecule has 0 aliphatic heterocycles. The Kier molecular flexibility index (Phi) is 1.64. The number of hydrogen-bond donors (Lipinski definition) is 3. The fourth-order valence-corrected chi connectivity index (χ4v) is 0.634. The van der Waals surface area contributed by atoms with E-state index < -0.39 is 0 Å². The van der Waals surface area contributed by atoms with Crippen LogP contribution in [0, 0.1) is 0 Å². The van der Waals surface area contributed by atoms with E-state index >= 15 is 0 Å². The summed E-state index contributed by atoms with van der Waals surface area (Å²) in [5.41, 5.74) is 0. The fourth-order valence-electron chi connectivity index (χ4n) is 0.634. The molecule has 0 saturated carbocycles. The molecule has 1 aromatic carbocycles. The highest BCUT2D eigenvalue weighted by molar-refractivity contribution is 5.48. The van der Waals surface area contributed by atoms with Crippen molar-refractivity contribution in [1.29, 1.82) is 0 Å². The molecule has 10 heavy (non-hydrogen) atoms. The highest BCUT2D eigenvalue weighted by Crippen LogP contribution is 2.33. The Morgan fingerprint density at radius 1 is 1.20 bits per heavy atom. The number of phenols is 2. The topological polar surface area (TPSA) is 75.7 Å². The van der Waals surface area contributed by atoms with Gasteiger partial charge in [-0.05, 0) is 12.1 Å². The summed E-state index contributed by atoms with van der Waals surface area (Å²) in [5, 5.41) is 17.9. The fraction of sp³-hybridized carbons (Fsp3) is 0. The van der Waals surface area contributed by atoms with E-state index in [0.717, 1.165) is 0 Å². The van der Waals surface area contributed by atoms with Gasteiger partial charge in [-0.1, -0.05) is 6.07 Å². The summed E-state index contributed by atoms with van der Waals surface area (Å²) >= 11 is 0. The molecule has 0 heterocycles. The molecule has 0 aromatic heterocycles. The van der Waals surface area contributed by atoms with Gasteiger partial charge in [-0.3, -0.25) is 0 Å². The number of benzene rings is 1. The first-order valence-electron chi connectivity index (χ1n) is 2.63. The quantitative estimate of drug-likeness (QED) is 0.493. The standard InChI is InChI=1S/C6H7NO3/c7-10-6-4(8)2-1-3-5(6)9/h1-3,8-9H,7H2. The Hall–Kier alpha value is -1.42. The van der Waals surface area contributed by atoms with Crippen LogP contribution in [0.15, 0.2) is 18.2 Å². The summed E-state index contributed by atoms with van der Waals surface area (Å²) in [5.74, 6) is 4.27. The van der Waals surface area contributed by atoms with Gasteiger partial charge >= 0.3 is 0 Å². The second-order valence-corrected chi connectivity index (χ2v) is 1.74. The van der Waals surface area contributed by atoms with Crippen LogP contribution in [0.2, 0.25) is 0 Å². The maximum Gasteiger partial charge on any atom is 0.229 e. The average molecular weight is 141 g/mol. The molecule has 0 bridgehead atoms. The van der Waals surface area contributed by atoms with Gasteiger partial charge in [-0.25, -0.2) is 0 Å². The zero-order chi connectivity index (χ0) is 7.56.